The van der Waals surface area contributed by atoms with Crippen molar-refractivity contribution in [3.05, 3.63) is 0 Å². The van der Waals surface area contributed by atoms with E-state index in [2.05, 4.69) is 12.2 Å². The van der Waals surface area contributed by atoms with E-state index in [-0.39, 0.29) is 0 Å². The minimum Gasteiger partial charge on any atom is -0.379 e. The molecule has 0 amide bonds. The van der Waals surface area contributed by atoms with Crippen molar-refractivity contribution in [2.24, 2.45) is 11.1 Å². The minimum atomic E-state index is 0.619. The van der Waals surface area contributed by atoms with Crippen LogP contribution in [0.1, 0.15) is 32.6 Å². The zero-order chi connectivity index (χ0) is 10.3. The molecule has 0 aromatic rings. The highest BCUT2D eigenvalue weighted by atomic mass is 16.5. The molecule has 1 aliphatic rings. The Labute approximate surface area is 87.4 Å². The van der Waals surface area contributed by atoms with Gasteiger partial charge in [-0.05, 0) is 24.7 Å². The van der Waals surface area contributed by atoms with Gasteiger partial charge in [-0.1, -0.05) is 13.3 Å². The molecule has 3 heteroatoms. The summed E-state index contributed by atoms with van der Waals surface area (Å²) in [5.41, 5.74) is 5.94. The zero-order valence-corrected chi connectivity index (χ0v) is 9.35. The number of ether oxygens (including phenoxy) is 1. The first-order valence-corrected chi connectivity index (χ1v) is 5.81. The topological polar surface area (TPSA) is 47.3 Å². The van der Waals surface area contributed by atoms with Gasteiger partial charge in [-0.15, -0.1) is 0 Å². The van der Waals surface area contributed by atoms with Gasteiger partial charge in [-0.3, -0.25) is 0 Å². The predicted molar refractivity (Wildman–Crippen MR) is 59.3 cm³/mol. The van der Waals surface area contributed by atoms with E-state index in [1.807, 2.05) is 0 Å². The van der Waals surface area contributed by atoms with E-state index in [9.17, 15) is 0 Å². The van der Waals surface area contributed by atoms with E-state index in [1.54, 1.807) is 0 Å². The van der Waals surface area contributed by atoms with Gasteiger partial charge in [0.1, 0.15) is 0 Å². The normalized spacial score (nSPS) is 19.3. The van der Waals surface area contributed by atoms with Crippen molar-refractivity contribution in [2.75, 3.05) is 32.8 Å². The third-order valence-electron chi connectivity index (χ3n) is 3.35. The van der Waals surface area contributed by atoms with Crippen molar-refractivity contribution in [3.63, 3.8) is 0 Å². The Morgan fingerprint density at radius 2 is 2.14 bits per heavy atom. The van der Waals surface area contributed by atoms with Crippen molar-refractivity contribution in [2.45, 2.75) is 32.6 Å². The lowest BCUT2D eigenvalue weighted by Gasteiger charge is -2.41. The smallest absolute Gasteiger partial charge is 0.0591 e. The molecule has 0 bridgehead atoms. The van der Waals surface area contributed by atoms with Crippen molar-refractivity contribution in [1.82, 2.24) is 5.32 Å². The van der Waals surface area contributed by atoms with Crippen molar-refractivity contribution in [1.29, 1.82) is 0 Å². The summed E-state index contributed by atoms with van der Waals surface area (Å²) in [6, 6.07) is 0. The molecule has 1 saturated carbocycles. The lowest BCUT2D eigenvalue weighted by molar-refractivity contribution is 0.109. The average molecular weight is 200 g/mol. The van der Waals surface area contributed by atoms with Gasteiger partial charge in [-0.25, -0.2) is 0 Å². The van der Waals surface area contributed by atoms with E-state index in [4.69, 9.17) is 10.5 Å². The maximum Gasteiger partial charge on any atom is 0.0591 e. The molecule has 0 unspecified atom stereocenters. The average Bonchev–Trinajstić information content (AvgIpc) is 2.15. The van der Waals surface area contributed by atoms with E-state index in [1.165, 1.54) is 25.7 Å². The molecule has 0 atom stereocenters. The fraction of sp³-hybridized carbons (Fsp3) is 1.00. The molecule has 0 saturated heterocycles. The van der Waals surface area contributed by atoms with Gasteiger partial charge in [0, 0.05) is 19.6 Å². The van der Waals surface area contributed by atoms with Gasteiger partial charge < -0.3 is 15.8 Å². The highest BCUT2D eigenvalue weighted by Gasteiger charge is 2.34. The first kappa shape index (κ1) is 12.0. The van der Waals surface area contributed by atoms with Crippen LogP contribution in [0.5, 0.6) is 0 Å². The summed E-state index contributed by atoms with van der Waals surface area (Å²) in [5.74, 6) is 0. The van der Waals surface area contributed by atoms with Gasteiger partial charge in [0.15, 0.2) is 0 Å². The van der Waals surface area contributed by atoms with Crippen molar-refractivity contribution >= 4 is 0 Å². The maximum absolute atomic E-state index is 5.32. The molecule has 0 aromatic heterocycles. The Morgan fingerprint density at radius 1 is 1.36 bits per heavy atom. The molecule has 3 N–H and O–H groups in total. The lowest BCUT2D eigenvalue weighted by Crippen LogP contribution is -2.40. The second-order valence-corrected chi connectivity index (χ2v) is 4.28. The summed E-state index contributed by atoms with van der Waals surface area (Å²) in [5, 5.41) is 3.47. The Balaban J connectivity index is 1.92. The quantitative estimate of drug-likeness (QED) is 0.577. The largest absolute Gasteiger partial charge is 0.379 e. The molecule has 0 heterocycles. The Kier molecular flexibility index (Phi) is 5.45. The van der Waals surface area contributed by atoms with E-state index in [0.29, 0.717) is 18.6 Å². The van der Waals surface area contributed by atoms with Crippen LogP contribution in [0.3, 0.4) is 0 Å². The molecule has 0 spiro atoms. The highest BCUT2D eigenvalue weighted by Crippen LogP contribution is 2.42. The second-order valence-electron chi connectivity index (χ2n) is 4.28. The number of nitrogens with two attached hydrogens (primary N) is 1. The lowest BCUT2D eigenvalue weighted by atomic mass is 9.67. The summed E-state index contributed by atoms with van der Waals surface area (Å²) in [7, 11) is 0. The number of hydrogen-bond donors (Lipinski definition) is 2. The van der Waals surface area contributed by atoms with Crippen LogP contribution in [0.15, 0.2) is 0 Å². The Hall–Kier alpha value is -0.120. The molecule has 1 fully saturated rings. The van der Waals surface area contributed by atoms with Crippen LogP contribution < -0.4 is 11.1 Å². The monoisotopic (exact) mass is 200 g/mol. The zero-order valence-electron chi connectivity index (χ0n) is 9.35. The van der Waals surface area contributed by atoms with Crippen LogP contribution in [-0.2, 0) is 4.74 Å². The first-order valence-electron chi connectivity index (χ1n) is 5.81. The maximum atomic E-state index is 5.32. The highest BCUT2D eigenvalue weighted by molar-refractivity contribution is 4.88. The molecule has 14 heavy (non-hydrogen) atoms. The molecular weight excluding hydrogens is 176 g/mol. The van der Waals surface area contributed by atoms with Crippen LogP contribution >= 0.6 is 0 Å². The van der Waals surface area contributed by atoms with Crippen molar-refractivity contribution in [3.8, 4) is 0 Å². The number of rotatable bonds is 8. The van der Waals surface area contributed by atoms with E-state index >= 15 is 0 Å². The van der Waals surface area contributed by atoms with Gasteiger partial charge in [0.25, 0.3) is 0 Å². The van der Waals surface area contributed by atoms with E-state index in [0.717, 1.165) is 19.7 Å². The summed E-state index contributed by atoms with van der Waals surface area (Å²) >= 11 is 0. The fourth-order valence-electron chi connectivity index (χ4n) is 2.02. The predicted octanol–water partition coefficient (Wildman–Crippen LogP) is 1.13. The van der Waals surface area contributed by atoms with Crippen LogP contribution in [-0.4, -0.2) is 32.8 Å². The third kappa shape index (κ3) is 3.56. The van der Waals surface area contributed by atoms with Crippen LogP contribution in [0.25, 0.3) is 0 Å². The molecule has 0 radical (unpaired) electrons. The van der Waals surface area contributed by atoms with Crippen LogP contribution in [0, 0.1) is 5.41 Å². The van der Waals surface area contributed by atoms with Crippen molar-refractivity contribution < 1.29 is 4.74 Å². The fourth-order valence-corrected chi connectivity index (χ4v) is 2.02. The third-order valence-corrected chi connectivity index (χ3v) is 3.35. The number of hydrogen-bond acceptors (Lipinski definition) is 3. The number of nitrogens with one attached hydrogen (secondary N) is 1. The van der Waals surface area contributed by atoms with Gasteiger partial charge in [0.2, 0.25) is 0 Å². The summed E-state index contributed by atoms with van der Waals surface area (Å²) in [6.45, 7) is 6.51. The van der Waals surface area contributed by atoms with Gasteiger partial charge in [0.05, 0.1) is 13.2 Å². The molecule has 3 nitrogen and oxygen atoms in total. The summed E-state index contributed by atoms with van der Waals surface area (Å²) in [4.78, 5) is 0. The molecule has 0 aliphatic heterocycles. The van der Waals surface area contributed by atoms with Gasteiger partial charge in [-0.2, -0.15) is 0 Å². The second kappa shape index (κ2) is 6.38. The standard InChI is InChI=1S/C11H24N2O/c1-2-11(4-3-5-11)10-13-7-9-14-8-6-12/h13H,2-10,12H2,1H3. The SMILES string of the molecule is CCC1(CNCCOCCN)CCC1. The van der Waals surface area contributed by atoms with Crippen LogP contribution in [0.4, 0.5) is 0 Å². The molecule has 0 aromatic carbocycles. The molecule has 84 valence electrons. The van der Waals surface area contributed by atoms with Gasteiger partial charge >= 0.3 is 0 Å². The molecule has 1 rings (SSSR count). The minimum absolute atomic E-state index is 0.619. The van der Waals surface area contributed by atoms with E-state index < -0.39 is 0 Å². The Bertz CT molecular complexity index is 141. The Morgan fingerprint density at radius 3 is 2.64 bits per heavy atom. The van der Waals surface area contributed by atoms with Crippen LogP contribution in [0.2, 0.25) is 0 Å². The molecule has 1 aliphatic carbocycles. The summed E-state index contributed by atoms with van der Waals surface area (Å²) < 4.78 is 5.30. The molecular formula is C11H24N2O. The summed E-state index contributed by atoms with van der Waals surface area (Å²) in [6.07, 6.45) is 5.53. The first-order chi connectivity index (χ1) is 6.83.